The van der Waals surface area contributed by atoms with E-state index in [4.69, 9.17) is 4.74 Å². The maximum Gasteiger partial charge on any atom is 0.205 e. The number of ether oxygens (including phenoxy) is 1. The second-order valence-corrected chi connectivity index (χ2v) is 5.72. The van der Waals surface area contributed by atoms with E-state index in [9.17, 15) is 9.18 Å². The van der Waals surface area contributed by atoms with Gasteiger partial charge in [-0.3, -0.25) is 4.79 Å². The fourth-order valence-electron chi connectivity index (χ4n) is 2.38. The SMILES string of the molecule is COc1ccc(C(=O)c2cc3c(s2)CCC3)c(F)c1. The molecule has 19 heavy (non-hydrogen) atoms. The number of halogens is 1. The maximum atomic E-state index is 13.9. The van der Waals surface area contributed by atoms with Crippen LogP contribution in [0.15, 0.2) is 24.3 Å². The summed E-state index contributed by atoms with van der Waals surface area (Å²) in [7, 11) is 1.47. The molecule has 0 unspecified atom stereocenters. The predicted molar refractivity (Wildman–Crippen MR) is 72.7 cm³/mol. The first-order chi connectivity index (χ1) is 9.19. The minimum atomic E-state index is -0.530. The first kappa shape index (κ1) is 12.4. The van der Waals surface area contributed by atoms with Gasteiger partial charge in [0.1, 0.15) is 11.6 Å². The van der Waals surface area contributed by atoms with Crippen molar-refractivity contribution in [3.63, 3.8) is 0 Å². The zero-order chi connectivity index (χ0) is 13.4. The first-order valence-corrected chi connectivity index (χ1v) is 7.00. The van der Waals surface area contributed by atoms with Crippen LogP contribution in [0.4, 0.5) is 4.39 Å². The number of ketones is 1. The molecule has 0 saturated heterocycles. The number of carbonyl (C=O) groups excluding carboxylic acids is 1. The Bertz CT molecular complexity index is 624. The van der Waals surface area contributed by atoms with Gasteiger partial charge < -0.3 is 4.74 Å². The Kier molecular flexibility index (Phi) is 3.11. The Morgan fingerprint density at radius 3 is 2.84 bits per heavy atom. The molecule has 4 heteroatoms. The minimum absolute atomic E-state index is 0.112. The van der Waals surface area contributed by atoms with Crippen molar-refractivity contribution in [2.24, 2.45) is 0 Å². The van der Waals surface area contributed by atoms with E-state index in [1.165, 1.54) is 41.0 Å². The number of hydrogen-bond acceptors (Lipinski definition) is 3. The van der Waals surface area contributed by atoms with Crippen molar-refractivity contribution < 1.29 is 13.9 Å². The Balaban J connectivity index is 1.95. The molecule has 0 bridgehead atoms. The highest BCUT2D eigenvalue weighted by molar-refractivity contribution is 7.14. The fourth-order valence-corrected chi connectivity index (χ4v) is 3.59. The summed E-state index contributed by atoms with van der Waals surface area (Å²) in [6.45, 7) is 0. The number of carbonyl (C=O) groups is 1. The van der Waals surface area contributed by atoms with E-state index in [-0.39, 0.29) is 11.3 Å². The zero-order valence-electron chi connectivity index (χ0n) is 10.5. The number of aryl methyl sites for hydroxylation is 2. The Morgan fingerprint density at radius 2 is 2.16 bits per heavy atom. The second-order valence-electron chi connectivity index (χ2n) is 4.59. The Labute approximate surface area is 114 Å². The van der Waals surface area contributed by atoms with Crippen LogP contribution in [-0.4, -0.2) is 12.9 Å². The summed E-state index contributed by atoms with van der Waals surface area (Å²) in [5.41, 5.74) is 1.36. The average Bonchev–Trinajstić information content (AvgIpc) is 2.98. The normalized spacial score (nSPS) is 13.4. The standard InChI is InChI=1S/C15H13FO2S/c1-18-10-5-6-11(12(16)8-10)15(17)14-7-9-3-2-4-13(9)19-14/h5-8H,2-4H2,1H3. The van der Waals surface area contributed by atoms with E-state index in [1.807, 2.05) is 6.07 Å². The molecule has 0 radical (unpaired) electrons. The van der Waals surface area contributed by atoms with Gasteiger partial charge in [0.05, 0.1) is 17.6 Å². The second kappa shape index (κ2) is 4.78. The van der Waals surface area contributed by atoms with E-state index < -0.39 is 5.82 Å². The molecule has 0 saturated carbocycles. The largest absolute Gasteiger partial charge is 0.497 e. The summed E-state index contributed by atoms with van der Waals surface area (Å²) in [5, 5.41) is 0. The van der Waals surface area contributed by atoms with Crippen LogP contribution in [0.1, 0.15) is 32.1 Å². The summed E-state index contributed by atoms with van der Waals surface area (Å²) in [4.78, 5) is 14.2. The van der Waals surface area contributed by atoms with Crippen molar-refractivity contribution in [2.45, 2.75) is 19.3 Å². The summed E-state index contributed by atoms with van der Waals surface area (Å²) in [6.07, 6.45) is 3.23. The Morgan fingerprint density at radius 1 is 1.32 bits per heavy atom. The lowest BCUT2D eigenvalue weighted by Gasteiger charge is -2.03. The quantitative estimate of drug-likeness (QED) is 0.800. The fraction of sp³-hybridized carbons (Fsp3) is 0.267. The number of methoxy groups -OCH3 is 1. The van der Waals surface area contributed by atoms with Crippen molar-refractivity contribution in [3.05, 3.63) is 51.0 Å². The summed E-state index contributed by atoms with van der Waals surface area (Å²) < 4.78 is 18.8. The lowest BCUT2D eigenvalue weighted by Crippen LogP contribution is -2.02. The molecule has 0 aliphatic heterocycles. The van der Waals surface area contributed by atoms with Crippen molar-refractivity contribution in [1.82, 2.24) is 0 Å². The average molecular weight is 276 g/mol. The van der Waals surface area contributed by atoms with Crippen molar-refractivity contribution in [1.29, 1.82) is 0 Å². The number of fused-ring (bicyclic) bond motifs is 1. The molecule has 1 aliphatic rings. The zero-order valence-corrected chi connectivity index (χ0v) is 11.3. The molecule has 0 amide bonds. The van der Waals surface area contributed by atoms with E-state index in [2.05, 4.69) is 0 Å². The number of benzene rings is 1. The predicted octanol–water partition coefficient (Wildman–Crippen LogP) is 3.62. The number of hydrogen-bond donors (Lipinski definition) is 0. The third-order valence-corrected chi connectivity index (χ3v) is 4.63. The highest BCUT2D eigenvalue weighted by Crippen LogP contribution is 2.32. The molecule has 2 nitrogen and oxygen atoms in total. The number of thiophene rings is 1. The van der Waals surface area contributed by atoms with Gasteiger partial charge in [-0.2, -0.15) is 0 Å². The van der Waals surface area contributed by atoms with Gasteiger partial charge in [0.25, 0.3) is 0 Å². The third-order valence-electron chi connectivity index (χ3n) is 3.39. The van der Waals surface area contributed by atoms with Gasteiger partial charge in [0, 0.05) is 10.9 Å². The third kappa shape index (κ3) is 2.16. The Hall–Kier alpha value is -1.68. The topological polar surface area (TPSA) is 26.3 Å². The molecule has 3 rings (SSSR count). The van der Waals surface area contributed by atoms with Crippen LogP contribution in [0.2, 0.25) is 0 Å². The summed E-state index contributed by atoms with van der Waals surface area (Å²) in [5.74, 6) is -0.347. The van der Waals surface area contributed by atoms with Gasteiger partial charge in [-0.25, -0.2) is 4.39 Å². The molecule has 2 aromatic rings. The molecule has 0 spiro atoms. The van der Waals surface area contributed by atoms with E-state index in [1.54, 1.807) is 6.07 Å². The van der Waals surface area contributed by atoms with Gasteiger partial charge in [0.15, 0.2) is 0 Å². The molecule has 1 aliphatic carbocycles. The lowest BCUT2D eigenvalue weighted by atomic mass is 10.1. The van der Waals surface area contributed by atoms with E-state index in [0.717, 1.165) is 19.3 Å². The smallest absolute Gasteiger partial charge is 0.205 e. The van der Waals surface area contributed by atoms with Crippen LogP contribution < -0.4 is 4.74 Å². The molecule has 98 valence electrons. The monoisotopic (exact) mass is 276 g/mol. The van der Waals surface area contributed by atoms with Crippen molar-refractivity contribution in [3.8, 4) is 5.75 Å². The number of rotatable bonds is 3. The van der Waals surface area contributed by atoms with Gasteiger partial charge in [-0.05, 0) is 43.0 Å². The highest BCUT2D eigenvalue weighted by Gasteiger charge is 2.21. The van der Waals surface area contributed by atoms with Crippen LogP contribution in [0.25, 0.3) is 0 Å². The van der Waals surface area contributed by atoms with E-state index >= 15 is 0 Å². The summed E-state index contributed by atoms with van der Waals surface area (Å²) in [6, 6.07) is 6.26. The van der Waals surface area contributed by atoms with Crippen LogP contribution in [0.3, 0.4) is 0 Å². The summed E-state index contributed by atoms with van der Waals surface area (Å²) >= 11 is 1.50. The first-order valence-electron chi connectivity index (χ1n) is 6.19. The molecule has 1 heterocycles. The molecule has 0 atom stereocenters. The molecular formula is C15H13FO2S. The van der Waals surface area contributed by atoms with E-state index in [0.29, 0.717) is 10.6 Å². The lowest BCUT2D eigenvalue weighted by molar-refractivity contribution is 0.103. The van der Waals surface area contributed by atoms with Crippen LogP contribution in [-0.2, 0) is 12.8 Å². The van der Waals surface area contributed by atoms with Gasteiger partial charge >= 0.3 is 0 Å². The van der Waals surface area contributed by atoms with Crippen LogP contribution >= 0.6 is 11.3 Å². The van der Waals surface area contributed by atoms with Crippen molar-refractivity contribution >= 4 is 17.1 Å². The van der Waals surface area contributed by atoms with Gasteiger partial charge in [-0.15, -0.1) is 11.3 Å². The van der Waals surface area contributed by atoms with Gasteiger partial charge in [0.2, 0.25) is 5.78 Å². The van der Waals surface area contributed by atoms with Crippen LogP contribution in [0.5, 0.6) is 5.75 Å². The molecule has 0 fully saturated rings. The maximum absolute atomic E-state index is 13.9. The molecule has 1 aromatic heterocycles. The molecule has 0 N–H and O–H groups in total. The van der Waals surface area contributed by atoms with Crippen LogP contribution in [0, 0.1) is 5.82 Å². The highest BCUT2D eigenvalue weighted by atomic mass is 32.1. The minimum Gasteiger partial charge on any atom is -0.497 e. The van der Waals surface area contributed by atoms with Crippen molar-refractivity contribution in [2.75, 3.05) is 7.11 Å². The van der Waals surface area contributed by atoms with Gasteiger partial charge in [-0.1, -0.05) is 0 Å². The molecular weight excluding hydrogens is 263 g/mol. The molecule has 1 aromatic carbocycles.